The molecule has 0 fully saturated rings. The second kappa shape index (κ2) is 8.79. The number of hydrogen-bond donors (Lipinski definition) is 2. The number of amides is 1. The topological polar surface area (TPSA) is 73.6 Å². The number of methoxy groups -OCH3 is 1. The summed E-state index contributed by atoms with van der Waals surface area (Å²) in [7, 11) is 1.65. The van der Waals surface area contributed by atoms with E-state index in [1.165, 1.54) is 0 Å². The van der Waals surface area contributed by atoms with Crippen molar-refractivity contribution in [1.82, 2.24) is 5.32 Å². The minimum Gasteiger partial charge on any atom is -0.492 e. The maximum atomic E-state index is 11.0. The average molecular weight is 301 g/mol. The molecule has 0 radical (unpaired) electrons. The summed E-state index contributed by atoms with van der Waals surface area (Å²) in [5.74, 6) is -0.0643. The first kappa shape index (κ1) is 16.8. The van der Waals surface area contributed by atoms with Gasteiger partial charge in [-0.25, -0.2) is 0 Å². The summed E-state index contributed by atoms with van der Waals surface area (Å²) in [6, 6.07) is 5.44. The van der Waals surface area contributed by atoms with Crippen LogP contribution in [0.5, 0.6) is 5.75 Å². The highest BCUT2D eigenvalue weighted by Gasteiger charge is 2.12. The predicted octanol–water partition coefficient (Wildman–Crippen LogP) is 1.58. The highest BCUT2D eigenvalue weighted by Crippen LogP contribution is 2.26. The van der Waals surface area contributed by atoms with Gasteiger partial charge in [0.2, 0.25) is 5.91 Å². The van der Waals surface area contributed by atoms with E-state index in [1.54, 1.807) is 20.1 Å². The first-order valence-corrected chi connectivity index (χ1v) is 6.83. The molecule has 1 aromatic rings. The Morgan fingerprint density at radius 2 is 2.25 bits per heavy atom. The predicted molar refractivity (Wildman–Crippen MR) is 78.9 cm³/mol. The van der Waals surface area contributed by atoms with Gasteiger partial charge in [0, 0.05) is 30.8 Å². The second-order valence-electron chi connectivity index (χ2n) is 4.50. The molecule has 0 aliphatic rings. The first-order chi connectivity index (χ1) is 9.56. The zero-order chi connectivity index (χ0) is 15.0. The SMILES string of the molecule is COCCNCc1c(Cl)cccc1OCC(C)C(N)=O. The van der Waals surface area contributed by atoms with E-state index in [1.807, 2.05) is 12.1 Å². The number of halogens is 1. The van der Waals surface area contributed by atoms with Gasteiger partial charge >= 0.3 is 0 Å². The van der Waals surface area contributed by atoms with Crippen molar-refractivity contribution >= 4 is 17.5 Å². The van der Waals surface area contributed by atoms with Crippen molar-refractivity contribution in [3.05, 3.63) is 28.8 Å². The summed E-state index contributed by atoms with van der Waals surface area (Å²) in [4.78, 5) is 11.0. The van der Waals surface area contributed by atoms with Gasteiger partial charge in [-0.15, -0.1) is 0 Å². The quantitative estimate of drug-likeness (QED) is 0.679. The summed E-state index contributed by atoms with van der Waals surface area (Å²) in [5, 5.41) is 3.84. The molecule has 20 heavy (non-hydrogen) atoms. The minimum atomic E-state index is -0.383. The Bertz CT molecular complexity index is 440. The highest BCUT2D eigenvalue weighted by molar-refractivity contribution is 6.31. The van der Waals surface area contributed by atoms with Gasteiger partial charge < -0.3 is 20.5 Å². The van der Waals surface area contributed by atoms with E-state index < -0.39 is 0 Å². The smallest absolute Gasteiger partial charge is 0.223 e. The minimum absolute atomic E-state index is 0.237. The number of rotatable bonds is 9. The maximum Gasteiger partial charge on any atom is 0.223 e. The van der Waals surface area contributed by atoms with Crippen LogP contribution in [0.2, 0.25) is 5.02 Å². The van der Waals surface area contributed by atoms with Gasteiger partial charge in [-0.2, -0.15) is 0 Å². The molecule has 0 saturated carbocycles. The van der Waals surface area contributed by atoms with Gasteiger partial charge in [-0.05, 0) is 12.1 Å². The summed E-state index contributed by atoms with van der Waals surface area (Å²) in [5.41, 5.74) is 6.07. The van der Waals surface area contributed by atoms with E-state index in [0.29, 0.717) is 23.9 Å². The lowest BCUT2D eigenvalue weighted by Gasteiger charge is -2.15. The zero-order valence-corrected chi connectivity index (χ0v) is 12.6. The Labute approximate surface area is 124 Å². The fraction of sp³-hybridized carbons (Fsp3) is 0.500. The van der Waals surface area contributed by atoms with Crippen molar-refractivity contribution < 1.29 is 14.3 Å². The summed E-state index contributed by atoms with van der Waals surface area (Å²) in [6.07, 6.45) is 0. The van der Waals surface area contributed by atoms with E-state index in [4.69, 9.17) is 26.8 Å². The summed E-state index contributed by atoms with van der Waals surface area (Å²) < 4.78 is 10.6. The van der Waals surface area contributed by atoms with Crippen LogP contribution in [0.15, 0.2) is 18.2 Å². The van der Waals surface area contributed by atoms with Gasteiger partial charge in [0.15, 0.2) is 0 Å². The molecule has 1 aromatic carbocycles. The number of nitrogens with two attached hydrogens (primary N) is 1. The number of hydrogen-bond acceptors (Lipinski definition) is 4. The van der Waals surface area contributed by atoms with Crippen molar-refractivity contribution in [2.24, 2.45) is 11.7 Å². The molecule has 5 nitrogen and oxygen atoms in total. The van der Waals surface area contributed by atoms with Gasteiger partial charge in [0.25, 0.3) is 0 Å². The van der Waals surface area contributed by atoms with Crippen LogP contribution < -0.4 is 15.8 Å². The van der Waals surface area contributed by atoms with Crippen LogP contribution in [-0.4, -0.2) is 32.8 Å². The molecule has 0 aliphatic heterocycles. The van der Waals surface area contributed by atoms with Crippen molar-refractivity contribution in [3.63, 3.8) is 0 Å². The van der Waals surface area contributed by atoms with Crippen LogP contribution >= 0.6 is 11.6 Å². The van der Waals surface area contributed by atoms with E-state index in [0.717, 1.165) is 12.1 Å². The molecule has 1 rings (SSSR count). The first-order valence-electron chi connectivity index (χ1n) is 6.45. The largest absolute Gasteiger partial charge is 0.492 e. The van der Waals surface area contributed by atoms with Gasteiger partial charge in [-0.1, -0.05) is 24.6 Å². The van der Waals surface area contributed by atoms with Crippen LogP contribution in [0.3, 0.4) is 0 Å². The lowest BCUT2D eigenvalue weighted by molar-refractivity contribution is -0.122. The van der Waals surface area contributed by atoms with Crippen molar-refractivity contribution in [2.45, 2.75) is 13.5 Å². The molecule has 3 N–H and O–H groups in total. The number of primary amides is 1. The second-order valence-corrected chi connectivity index (χ2v) is 4.91. The van der Waals surface area contributed by atoms with Crippen molar-refractivity contribution in [3.8, 4) is 5.75 Å². The van der Waals surface area contributed by atoms with Crippen LogP contribution in [0.1, 0.15) is 12.5 Å². The molecule has 1 atom stereocenters. The fourth-order valence-electron chi connectivity index (χ4n) is 1.53. The number of nitrogens with one attached hydrogen (secondary N) is 1. The Morgan fingerprint density at radius 1 is 1.50 bits per heavy atom. The molecule has 112 valence electrons. The molecule has 6 heteroatoms. The van der Waals surface area contributed by atoms with E-state index in [2.05, 4.69) is 5.32 Å². The van der Waals surface area contributed by atoms with E-state index >= 15 is 0 Å². The number of carbonyl (C=O) groups is 1. The fourth-order valence-corrected chi connectivity index (χ4v) is 1.76. The van der Waals surface area contributed by atoms with Crippen LogP contribution in [0, 0.1) is 5.92 Å². The third-order valence-electron chi connectivity index (χ3n) is 2.84. The molecule has 1 unspecified atom stereocenters. The summed E-state index contributed by atoms with van der Waals surface area (Å²) >= 11 is 6.18. The molecule has 0 spiro atoms. The zero-order valence-electron chi connectivity index (χ0n) is 11.8. The van der Waals surface area contributed by atoms with Crippen LogP contribution in [0.25, 0.3) is 0 Å². The molecule has 0 heterocycles. The Morgan fingerprint density at radius 3 is 2.90 bits per heavy atom. The lowest BCUT2D eigenvalue weighted by atomic mass is 10.1. The standard InChI is InChI=1S/C14H21ClN2O3/c1-10(14(16)18)9-20-13-5-3-4-12(15)11(13)8-17-6-7-19-2/h3-5,10,17H,6-9H2,1-2H3,(H2,16,18). The Hall–Kier alpha value is -1.30. The normalized spacial score (nSPS) is 12.2. The van der Waals surface area contributed by atoms with E-state index in [-0.39, 0.29) is 18.4 Å². The molecule has 0 bridgehead atoms. The third kappa shape index (κ3) is 5.36. The molecule has 1 amide bonds. The van der Waals surface area contributed by atoms with Gasteiger partial charge in [-0.3, -0.25) is 4.79 Å². The molecule has 0 aromatic heterocycles. The Kier molecular flexibility index (Phi) is 7.36. The Balaban J connectivity index is 2.65. The number of benzene rings is 1. The lowest BCUT2D eigenvalue weighted by Crippen LogP contribution is -2.26. The number of carbonyl (C=O) groups excluding carboxylic acids is 1. The molecular formula is C14H21ClN2O3. The molecule has 0 saturated heterocycles. The highest BCUT2D eigenvalue weighted by atomic mass is 35.5. The third-order valence-corrected chi connectivity index (χ3v) is 3.19. The summed E-state index contributed by atoms with van der Waals surface area (Å²) in [6.45, 7) is 3.88. The van der Waals surface area contributed by atoms with Crippen molar-refractivity contribution in [1.29, 1.82) is 0 Å². The van der Waals surface area contributed by atoms with Crippen molar-refractivity contribution in [2.75, 3.05) is 26.9 Å². The molecular weight excluding hydrogens is 280 g/mol. The van der Waals surface area contributed by atoms with Gasteiger partial charge in [0.05, 0.1) is 19.1 Å². The average Bonchev–Trinajstić information content (AvgIpc) is 2.42. The van der Waals surface area contributed by atoms with Crippen LogP contribution in [0.4, 0.5) is 0 Å². The van der Waals surface area contributed by atoms with Gasteiger partial charge in [0.1, 0.15) is 5.75 Å². The van der Waals surface area contributed by atoms with Crippen LogP contribution in [-0.2, 0) is 16.1 Å². The maximum absolute atomic E-state index is 11.0. The molecule has 0 aliphatic carbocycles. The van der Waals surface area contributed by atoms with E-state index in [9.17, 15) is 4.79 Å². The number of ether oxygens (including phenoxy) is 2. The monoisotopic (exact) mass is 300 g/mol.